The van der Waals surface area contributed by atoms with E-state index >= 15 is 0 Å². The molecule has 4 N–H and O–H groups in total. The lowest BCUT2D eigenvalue weighted by molar-refractivity contribution is -0.120. The van der Waals surface area contributed by atoms with Crippen LogP contribution in [-0.2, 0) is 4.79 Å². The third kappa shape index (κ3) is 3.49. The third-order valence-corrected chi connectivity index (χ3v) is 2.87. The molecule has 0 saturated carbocycles. The molecule has 1 unspecified atom stereocenters. The Bertz CT molecular complexity index is 424. The molecule has 0 bridgehead atoms. The number of amides is 1. The van der Waals surface area contributed by atoms with Crippen LogP contribution in [0, 0.1) is 0 Å². The fourth-order valence-corrected chi connectivity index (χ4v) is 2.01. The molecule has 1 atom stereocenters. The summed E-state index contributed by atoms with van der Waals surface area (Å²) in [7, 11) is 0. The highest BCUT2D eigenvalue weighted by Crippen LogP contribution is 2.35. The summed E-state index contributed by atoms with van der Waals surface area (Å²) in [6, 6.07) is 2.66. The maximum Gasteiger partial charge on any atom is 0.234 e. The Morgan fingerprint density at radius 1 is 1.53 bits per heavy atom. The van der Waals surface area contributed by atoms with E-state index in [-0.39, 0.29) is 29.3 Å². The van der Waals surface area contributed by atoms with Crippen molar-refractivity contribution in [1.82, 2.24) is 5.32 Å². The second kappa shape index (κ2) is 6.10. The first-order valence-electron chi connectivity index (χ1n) is 5.16. The summed E-state index contributed by atoms with van der Waals surface area (Å²) in [5.41, 5.74) is 5.72. The minimum atomic E-state index is -0.359. The molecule has 1 rings (SSSR count). The number of nitrogens with two attached hydrogens (primary N) is 1. The second-order valence-electron chi connectivity index (χ2n) is 3.56. The molecule has 0 aliphatic rings. The van der Waals surface area contributed by atoms with Crippen molar-refractivity contribution in [3.8, 4) is 5.75 Å². The number of carbonyl (C=O) groups excluding carboxylic acids is 1. The van der Waals surface area contributed by atoms with Crippen molar-refractivity contribution in [2.75, 3.05) is 6.54 Å². The van der Waals surface area contributed by atoms with Crippen LogP contribution in [0.5, 0.6) is 5.75 Å². The monoisotopic (exact) mass is 276 g/mol. The molecule has 94 valence electrons. The van der Waals surface area contributed by atoms with E-state index in [0.717, 1.165) is 0 Å². The first-order valence-corrected chi connectivity index (χ1v) is 5.92. The van der Waals surface area contributed by atoms with Crippen molar-refractivity contribution in [2.45, 2.75) is 19.4 Å². The number of rotatable bonds is 4. The zero-order valence-electron chi connectivity index (χ0n) is 9.34. The van der Waals surface area contributed by atoms with Crippen molar-refractivity contribution in [1.29, 1.82) is 0 Å². The number of hydrogen-bond donors (Lipinski definition) is 3. The number of hydrogen-bond acceptors (Lipinski definition) is 3. The topological polar surface area (TPSA) is 75.4 Å². The zero-order valence-corrected chi connectivity index (χ0v) is 10.8. The maximum atomic E-state index is 11.3. The Morgan fingerprint density at radius 3 is 2.71 bits per heavy atom. The van der Waals surface area contributed by atoms with Gasteiger partial charge in [-0.1, -0.05) is 30.1 Å². The summed E-state index contributed by atoms with van der Waals surface area (Å²) in [5, 5.41) is 13.1. The first-order chi connectivity index (χ1) is 7.99. The number of halogens is 2. The van der Waals surface area contributed by atoms with E-state index < -0.39 is 0 Å². The summed E-state index contributed by atoms with van der Waals surface area (Å²) < 4.78 is 0. The largest absolute Gasteiger partial charge is 0.506 e. The van der Waals surface area contributed by atoms with Gasteiger partial charge in [0.15, 0.2) is 0 Å². The van der Waals surface area contributed by atoms with E-state index in [1.54, 1.807) is 6.07 Å². The fourth-order valence-electron chi connectivity index (χ4n) is 1.50. The van der Waals surface area contributed by atoms with Gasteiger partial charge in [-0.25, -0.2) is 0 Å². The van der Waals surface area contributed by atoms with Crippen molar-refractivity contribution >= 4 is 29.1 Å². The molecular formula is C11H14Cl2N2O2. The van der Waals surface area contributed by atoms with Gasteiger partial charge in [-0.2, -0.15) is 0 Å². The molecule has 1 aromatic carbocycles. The number of nitrogens with one attached hydrogen (secondary N) is 1. The summed E-state index contributed by atoms with van der Waals surface area (Å²) in [4.78, 5) is 11.3. The van der Waals surface area contributed by atoms with Gasteiger partial charge < -0.3 is 16.2 Å². The van der Waals surface area contributed by atoms with Crippen LogP contribution >= 0.6 is 23.2 Å². The van der Waals surface area contributed by atoms with Gasteiger partial charge in [0.2, 0.25) is 5.91 Å². The van der Waals surface area contributed by atoms with Gasteiger partial charge in [0.1, 0.15) is 5.75 Å². The van der Waals surface area contributed by atoms with E-state index in [1.165, 1.54) is 6.07 Å². The molecule has 0 spiro atoms. The molecule has 1 amide bonds. The molecule has 0 fully saturated rings. The van der Waals surface area contributed by atoms with Crippen molar-refractivity contribution in [2.24, 2.45) is 5.73 Å². The predicted molar refractivity (Wildman–Crippen MR) is 68.4 cm³/mol. The predicted octanol–water partition coefficient (Wildman–Crippen LogP) is 2.23. The maximum absolute atomic E-state index is 11.3. The molecule has 4 nitrogen and oxygen atoms in total. The summed E-state index contributed by atoms with van der Waals surface area (Å²) in [5.74, 6) is -0.368. The molecule has 0 radical (unpaired) electrons. The quantitative estimate of drug-likeness (QED) is 0.790. The Hall–Kier alpha value is -0.970. The summed E-state index contributed by atoms with van der Waals surface area (Å²) in [6.07, 6.45) is 0.593. The van der Waals surface area contributed by atoms with Crippen LogP contribution in [0.2, 0.25) is 10.0 Å². The number of benzene rings is 1. The molecular weight excluding hydrogens is 263 g/mol. The highest BCUT2D eigenvalue weighted by atomic mass is 35.5. The zero-order chi connectivity index (χ0) is 13.0. The molecule has 17 heavy (non-hydrogen) atoms. The fraction of sp³-hybridized carbons (Fsp3) is 0.364. The number of aromatic hydroxyl groups is 1. The molecule has 1 aromatic rings. The van der Waals surface area contributed by atoms with Gasteiger partial charge in [0, 0.05) is 10.6 Å². The number of carbonyl (C=O) groups is 1. The van der Waals surface area contributed by atoms with Crippen LogP contribution in [0.3, 0.4) is 0 Å². The molecule has 0 aromatic heterocycles. The van der Waals surface area contributed by atoms with Crippen molar-refractivity contribution in [3.05, 3.63) is 27.7 Å². The minimum absolute atomic E-state index is 0.0692. The lowest BCUT2D eigenvalue weighted by atomic mass is 10.0. The standard InChI is InChI=1S/C11H14Cl2N2O2/c1-2-9(15-10(16)5-14)7-3-6(12)4-8(13)11(7)17/h3-4,9,17H,2,5,14H2,1H3,(H,15,16). The van der Waals surface area contributed by atoms with Crippen LogP contribution in [0.4, 0.5) is 0 Å². The van der Waals surface area contributed by atoms with Crippen LogP contribution in [0.1, 0.15) is 24.9 Å². The Labute approximate surface area is 110 Å². The Balaban J connectivity index is 3.07. The minimum Gasteiger partial charge on any atom is -0.506 e. The van der Waals surface area contributed by atoms with Crippen molar-refractivity contribution in [3.63, 3.8) is 0 Å². The number of phenolic OH excluding ortho intramolecular Hbond substituents is 1. The van der Waals surface area contributed by atoms with Crippen LogP contribution in [-0.4, -0.2) is 17.6 Å². The summed E-state index contributed by atoms with van der Waals surface area (Å²) >= 11 is 11.7. The van der Waals surface area contributed by atoms with Gasteiger partial charge >= 0.3 is 0 Å². The van der Waals surface area contributed by atoms with E-state index in [2.05, 4.69) is 5.32 Å². The average molecular weight is 277 g/mol. The molecule has 0 saturated heterocycles. The van der Waals surface area contributed by atoms with Crippen LogP contribution in [0.15, 0.2) is 12.1 Å². The average Bonchev–Trinajstić information content (AvgIpc) is 2.30. The van der Waals surface area contributed by atoms with E-state index in [0.29, 0.717) is 17.0 Å². The Kier molecular flexibility index (Phi) is 5.05. The molecule has 0 heterocycles. The van der Waals surface area contributed by atoms with E-state index in [1.807, 2.05) is 6.92 Å². The summed E-state index contributed by atoms with van der Waals surface area (Å²) in [6.45, 7) is 1.77. The third-order valence-electron chi connectivity index (χ3n) is 2.36. The van der Waals surface area contributed by atoms with Crippen LogP contribution in [0.25, 0.3) is 0 Å². The highest BCUT2D eigenvalue weighted by molar-refractivity contribution is 6.35. The lowest BCUT2D eigenvalue weighted by Gasteiger charge is -2.19. The SMILES string of the molecule is CCC(NC(=O)CN)c1cc(Cl)cc(Cl)c1O. The highest BCUT2D eigenvalue weighted by Gasteiger charge is 2.18. The lowest BCUT2D eigenvalue weighted by Crippen LogP contribution is -2.33. The van der Waals surface area contributed by atoms with E-state index in [9.17, 15) is 9.90 Å². The molecule has 0 aliphatic heterocycles. The van der Waals surface area contributed by atoms with Gasteiger partial charge in [0.25, 0.3) is 0 Å². The van der Waals surface area contributed by atoms with Crippen molar-refractivity contribution < 1.29 is 9.90 Å². The normalized spacial score (nSPS) is 12.2. The van der Waals surface area contributed by atoms with Gasteiger partial charge in [-0.15, -0.1) is 0 Å². The molecule has 6 heteroatoms. The smallest absolute Gasteiger partial charge is 0.234 e. The van der Waals surface area contributed by atoms with Gasteiger partial charge in [-0.05, 0) is 18.6 Å². The number of phenols is 1. The van der Waals surface area contributed by atoms with E-state index in [4.69, 9.17) is 28.9 Å². The molecule has 0 aliphatic carbocycles. The van der Waals surface area contributed by atoms with Crippen LogP contribution < -0.4 is 11.1 Å². The van der Waals surface area contributed by atoms with Gasteiger partial charge in [-0.3, -0.25) is 4.79 Å². The van der Waals surface area contributed by atoms with Gasteiger partial charge in [0.05, 0.1) is 17.6 Å². The Morgan fingerprint density at radius 2 is 2.18 bits per heavy atom. The first kappa shape index (κ1) is 14.1. The second-order valence-corrected chi connectivity index (χ2v) is 4.40.